The molecule has 0 aromatic heterocycles. The van der Waals surface area contributed by atoms with E-state index >= 15 is 0 Å². The van der Waals surface area contributed by atoms with Gasteiger partial charge in [0.2, 0.25) is 0 Å². The van der Waals surface area contributed by atoms with Gasteiger partial charge in [-0.2, -0.15) is 0 Å². The molecule has 0 fully saturated rings. The Morgan fingerprint density at radius 3 is 2.53 bits per heavy atom. The van der Waals surface area contributed by atoms with Crippen molar-refractivity contribution in [3.63, 3.8) is 0 Å². The van der Waals surface area contributed by atoms with Crippen LogP contribution >= 0.6 is 27.5 Å². The molecule has 0 bridgehead atoms. The van der Waals surface area contributed by atoms with E-state index in [1.165, 1.54) is 6.07 Å². The van der Waals surface area contributed by atoms with Crippen molar-refractivity contribution < 1.29 is 9.13 Å². The highest BCUT2D eigenvalue weighted by Crippen LogP contribution is 2.34. The summed E-state index contributed by atoms with van der Waals surface area (Å²) in [4.78, 5) is 0. The smallest absolute Gasteiger partial charge is 0.143 e. The maximum Gasteiger partial charge on any atom is 0.143 e. The van der Waals surface area contributed by atoms with Crippen molar-refractivity contribution in [3.05, 3.63) is 63.3 Å². The summed E-state index contributed by atoms with van der Waals surface area (Å²) in [5.74, 6) is 0.0610. The summed E-state index contributed by atoms with van der Waals surface area (Å²) in [5.41, 5.74) is 1.04. The maximum absolute atomic E-state index is 13.1. The van der Waals surface area contributed by atoms with Crippen molar-refractivity contribution in [3.8, 4) is 5.75 Å². The number of hydrogen-bond acceptors (Lipinski definition) is 1. The zero-order valence-electron chi connectivity index (χ0n) is 8.79. The Hall–Kier alpha value is -1.06. The van der Waals surface area contributed by atoms with Gasteiger partial charge in [0.05, 0.1) is 9.50 Å². The Kier molecular flexibility index (Phi) is 4.02. The number of hydrogen-bond donors (Lipinski definition) is 0. The third kappa shape index (κ3) is 2.99. The second-order valence-corrected chi connectivity index (χ2v) is 4.62. The summed E-state index contributed by atoms with van der Waals surface area (Å²) in [6, 6.07) is 12.6. The van der Waals surface area contributed by atoms with Crippen LogP contribution in [0.4, 0.5) is 4.39 Å². The van der Waals surface area contributed by atoms with Gasteiger partial charge in [0.1, 0.15) is 18.2 Å². The lowest BCUT2D eigenvalue weighted by atomic mass is 10.2. The predicted molar refractivity (Wildman–Crippen MR) is 69.9 cm³/mol. The molecule has 0 radical (unpaired) electrons. The number of ether oxygens (including phenoxy) is 1. The monoisotopic (exact) mass is 314 g/mol. The van der Waals surface area contributed by atoms with E-state index in [-0.39, 0.29) is 5.02 Å². The maximum atomic E-state index is 13.1. The Bertz CT molecular complexity index is 516. The molecule has 0 amide bonds. The third-order valence-corrected chi connectivity index (χ3v) is 3.62. The van der Waals surface area contributed by atoms with Crippen LogP contribution in [-0.2, 0) is 6.61 Å². The zero-order chi connectivity index (χ0) is 12.3. The van der Waals surface area contributed by atoms with E-state index in [1.54, 1.807) is 6.07 Å². The van der Waals surface area contributed by atoms with Crippen molar-refractivity contribution in [2.45, 2.75) is 6.61 Å². The lowest BCUT2D eigenvalue weighted by molar-refractivity contribution is 0.304. The summed E-state index contributed by atoms with van der Waals surface area (Å²) in [7, 11) is 0. The minimum absolute atomic E-state index is 0.0376. The molecule has 0 unspecified atom stereocenters. The van der Waals surface area contributed by atoms with Crippen molar-refractivity contribution in [1.82, 2.24) is 0 Å². The van der Waals surface area contributed by atoms with Gasteiger partial charge in [0.15, 0.2) is 0 Å². The van der Waals surface area contributed by atoms with Crippen molar-refractivity contribution in [1.29, 1.82) is 0 Å². The van der Waals surface area contributed by atoms with E-state index < -0.39 is 5.82 Å². The Morgan fingerprint density at radius 1 is 1.12 bits per heavy atom. The molecule has 0 aliphatic heterocycles. The van der Waals surface area contributed by atoms with Crippen LogP contribution in [0.3, 0.4) is 0 Å². The van der Waals surface area contributed by atoms with Crippen LogP contribution in [0.2, 0.25) is 5.02 Å². The summed E-state index contributed by atoms with van der Waals surface area (Å²) in [5, 5.41) is 0.0376. The van der Waals surface area contributed by atoms with Gasteiger partial charge in [-0.1, -0.05) is 41.9 Å². The van der Waals surface area contributed by atoms with Gasteiger partial charge < -0.3 is 4.74 Å². The first-order chi connectivity index (χ1) is 8.18. The molecule has 4 heteroatoms. The zero-order valence-corrected chi connectivity index (χ0v) is 11.1. The van der Waals surface area contributed by atoms with E-state index in [2.05, 4.69) is 15.9 Å². The number of benzene rings is 2. The summed E-state index contributed by atoms with van der Waals surface area (Å²) < 4.78 is 19.1. The molecule has 0 aliphatic rings. The summed E-state index contributed by atoms with van der Waals surface area (Å²) in [6.07, 6.45) is 0. The Balaban J connectivity index is 2.13. The lowest BCUT2D eigenvalue weighted by Crippen LogP contribution is -1.96. The Labute approximate surface area is 112 Å². The van der Waals surface area contributed by atoms with Gasteiger partial charge in [-0.15, -0.1) is 0 Å². The molecular formula is C13H9BrClFO. The molecule has 2 aromatic rings. The van der Waals surface area contributed by atoms with Gasteiger partial charge in [-0.3, -0.25) is 0 Å². The summed E-state index contributed by atoms with van der Waals surface area (Å²) >= 11 is 8.97. The van der Waals surface area contributed by atoms with Gasteiger partial charge in [-0.25, -0.2) is 4.39 Å². The van der Waals surface area contributed by atoms with E-state index in [1.807, 2.05) is 30.3 Å². The van der Waals surface area contributed by atoms with Crippen molar-refractivity contribution >= 4 is 27.5 Å². The fourth-order valence-corrected chi connectivity index (χ4v) is 1.95. The SMILES string of the molecule is Fc1ccc(OCc2ccccc2)c(Br)c1Cl. The fourth-order valence-electron chi connectivity index (χ4n) is 1.35. The molecule has 0 heterocycles. The van der Waals surface area contributed by atoms with Crippen LogP contribution in [0.15, 0.2) is 46.9 Å². The molecule has 1 nitrogen and oxygen atoms in total. The summed E-state index contributed by atoms with van der Waals surface area (Å²) in [6.45, 7) is 0.418. The second kappa shape index (κ2) is 5.52. The first-order valence-corrected chi connectivity index (χ1v) is 6.16. The van der Waals surface area contributed by atoms with Gasteiger partial charge in [-0.05, 0) is 33.6 Å². The van der Waals surface area contributed by atoms with Crippen molar-refractivity contribution in [2.24, 2.45) is 0 Å². The lowest BCUT2D eigenvalue weighted by Gasteiger charge is -2.09. The van der Waals surface area contributed by atoms with E-state index in [0.29, 0.717) is 16.8 Å². The standard InChI is InChI=1S/C13H9BrClFO/c14-12-11(7-6-10(16)13(12)15)17-8-9-4-2-1-3-5-9/h1-7H,8H2. The molecule has 0 saturated heterocycles. The van der Waals surface area contributed by atoms with Gasteiger partial charge in [0, 0.05) is 0 Å². The van der Waals surface area contributed by atoms with Crippen LogP contribution in [-0.4, -0.2) is 0 Å². The fraction of sp³-hybridized carbons (Fsp3) is 0.0769. The number of rotatable bonds is 3. The third-order valence-electron chi connectivity index (χ3n) is 2.24. The van der Waals surface area contributed by atoms with Crippen LogP contribution < -0.4 is 4.74 Å². The highest BCUT2D eigenvalue weighted by Gasteiger charge is 2.10. The second-order valence-electron chi connectivity index (χ2n) is 3.45. The molecule has 0 atom stereocenters. The first-order valence-electron chi connectivity index (χ1n) is 4.98. The van der Waals surface area contributed by atoms with Gasteiger partial charge >= 0.3 is 0 Å². The molecule has 0 aliphatic carbocycles. The normalized spacial score (nSPS) is 10.3. The predicted octanol–water partition coefficient (Wildman–Crippen LogP) is 4.82. The van der Waals surface area contributed by atoms with Crippen LogP contribution in [0.5, 0.6) is 5.75 Å². The van der Waals surface area contributed by atoms with Gasteiger partial charge in [0.25, 0.3) is 0 Å². The highest BCUT2D eigenvalue weighted by molar-refractivity contribution is 9.10. The molecule has 2 rings (SSSR count). The van der Waals surface area contributed by atoms with Crippen LogP contribution in [0, 0.1) is 5.82 Å². The molecule has 17 heavy (non-hydrogen) atoms. The quantitative estimate of drug-likeness (QED) is 0.738. The Morgan fingerprint density at radius 2 is 1.82 bits per heavy atom. The molecule has 0 N–H and O–H groups in total. The minimum Gasteiger partial charge on any atom is -0.488 e. The largest absolute Gasteiger partial charge is 0.488 e. The first kappa shape index (κ1) is 12.4. The molecule has 0 spiro atoms. The number of halogens is 3. The van der Waals surface area contributed by atoms with Crippen LogP contribution in [0.25, 0.3) is 0 Å². The molecule has 88 valence electrons. The van der Waals surface area contributed by atoms with E-state index in [9.17, 15) is 4.39 Å². The van der Waals surface area contributed by atoms with E-state index in [4.69, 9.17) is 16.3 Å². The topological polar surface area (TPSA) is 9.23 Å². The van der Waals surface area contributed by atoms with Crippen LogP contribution in [0.1, 0.15) is 5.56 Å². The minimum atomic E-state index is -0.467. The average Bonchev–Trinajstić information content (AvgIpc) is 2.36. The molecule has 0 saturated carbocycles. The molecular weight excluding hydrogens is 306 g/mol. The molecule has 2 aromatic carbocycles. The van der Waals surface area contributed by atoms with E-state index in [0.717, 1.165) is 5.56 Å². The van der Waals surface area contributed by atoms with Crippen molar-refractivity contribution in [2.75, 3.05) is 0 Å². The highest BCUT2D eigenvalue weighted by atomic mass is 79.9. The average molecular weight is 316 g/mol.